The second-order valence-electron chi connectivity index (χ2n) is 7.88. The van der Waals surface area contributed by atoms with Gasteiger partial charge in [-0.3, -0.25) is 9.78 Å². The van der Waals surface area contributed by atoms with Crippen molar-refractivity contribution in [2.45, 2.75) is 34.3 Å². The number of nitrogens with zero attached hydrogens (tertiary/aromatic N) is 2. The van der Waals surface area contributed by atoms with E-state index in [1.54, 1.807) is 12.3 Å². The molecule has 2 aromatic carbocycles. The molecule has 4 rings (SSSR count). The first kappa shape index (κ1) is 21.5. The maximum absolute atomic E-state index is 13.3. The van der Waals surface area contributed by atoms with Crippen molar-refractivity contribution in [3.63, 3.8) is 0 Å². The number of carbonyl (C=O) groups excluding carboxylic acids is 1. The molecule has 2 aromatic heterocycles. The molecule has 1 amide bonds. The Hall–Kier alpha value is -3.77. The first-order valence-corrected chi connectivity index (χ1v) is 10.4. The Morgan fingerprint density at radius 3 is 2.53 bits per heavy atom. The summed E-state index contributed by atoms with van der Waals surface area (Å²) in [4.78, 5) is 22.3. The second kappa shape index (κ2) is 8.77. The van der Waals surface area contributed by atoms with E-state index in [-0.39, 0.29) is 23.6 Å². The minimum absolute atomic E-state index is 0.187. The average molecular weight is 428 g/mol. The summed E-state index contributed by atoms with van der Waals surface area (Å²) in [6.07, 6.45) is 1.59. The zero-order valence-corrected chi connectivity index (χ0v) is 18.6. The topological polar surface area (TPSA) is 87.7 Å². The molecule has 0 bridgehead atoms. The Balaban J connectivity index is 1.94. The van der Waals surface area contributed by atoms with Gasteiger partial charge in [-0.2, -0.15) is 0 Å². The van der Waals surface area contributed by atoms with Gasteiger partial charge in [0.25, 0.3) is 5.91 Å². The fourth-order valence-corrected chi connectivity index (χ4v) is 3.48. The van der Waals surface area contributed by atoms with Gasteiger partial charge in [0.1, 0.15) is 5.56 Å². The normalized spacial score (nSPS) is 11.7. The van der Waals surface area contributed by atoms with E-state index in [9.17, 15) is 9.90 Å². The van der Waals surface area contributed by atoms with Crippen molar-refractivity contribution in [2.75, 3.05) is 5.32 Å². The number of aromatic nitrogens is 1. The fourth-order valence-electron chi connectivity index (χ4n) is 3.48. The van der Waals surface area contributed by atoms with E-state index in [1.807, 2.05) is 70.2 Å². The van der Waals surface area contributed by atoms with Crippen LogP contribution in [0, 0.1) is 27.7 Å². The lowest BCUT2D eigenvalue weighted by Crippen LogP contribution is -2.22. The fraction of sp³-hybridized carbons (Fsp3) is 0.192. The van der Waals surface area contributed by atoms with Crippen LogP contribution in [0.4, 0.5) is 11.4 Å². The van der Waals surface area contributed by atoms with Crippen molar-refractivity contribution < 1.29 is 14.3 Å². The molecule has 6 nitrogen and oxygen atoms in total. The van der Waals surface area contributed by atoms with Gasteiger partial charge < -0.3 is 14.8 Å². The van der Waals surface area contributed by atoms with Crippen LogP contribution in [0.15, 0.2) is 64.1 Å². The van der Waals surface area contributed by atoms with Gasteiger partial charge in [0, 0.05) is 22.8 Å². The van der Waals surface area contributed by atoms with E-state index in [2.05, 4.69) is 15.3 Å². The number of benzene rings is 2. The maximum Gasteiger partial charge on any atom is 0.261 e. The summed E-state index contributed by atoms with van der Waals surface area (Å²) < 4.78 is 6.13. The molecule has 2 N–H and O–H groups in total. The number of nitrogens with one attached hydrogen (secondary N) is 1. The first-order valence-electron chi connectivity index (χ1n) is 10.4. The van der Waals surface area contributed by atoms with Crippen LogP contribution in [0.1, 0.15) is 38.3 Å². The summed E-state index contributed by atoms with van der Waals surface area (Å²) >= 11 is 0. The lowest BCUT2D eigenvalue weighted by molar-refractivity contribution is 0.102. The Morgan fingerprint density at radius 2 is 1.81 bits per heavy atom. The molecule has 0 radical (unpaired) electrons. The third-order valence-corrected chi connectivity index (χ3v) is 5.58. The number of anilines is 1. The van der Waals surface area contributed by atoms with Gasteiger partial charge in [0.15, 0.2) is 5.58 Å². The van der Waals surface area contributed by atoms with E-state index in [0.29, 0.717) is 33.6 Å². The summed E-state index contributed by atoms with van der Waals surface area (Å²) in [6, 6.07) is 15.1. The van der Waals surface area contributed by atoms with E-state index in [0.717, 1.165) is 16.7 Å². The minimum Gasteiger partial charge on any atom is -0.436 e. The zero-order valence-electron chi connectivity index (χ0n) is 18.6. The quantitative estimate of drug-likeness (QED) is 0.478. The van der Waals surface area contributed by atoms with E-state index >= 15 is 0 Å². The van der Waals surface area contributed by atoms with Crippen LogP contribution in [0.5, 0.6) is 0 Å². The number of amides is 1. The van der Waals surface area contributed by atoms with Gasteiger partial charge in [0.2, 0.25) is 5.55 Å². The highest BCUT2D eigenvalue weighted by atomic mass is 16.3. The second-order valence-corrected chi connectivity index (χ2v) is 7.88. The summed E-state index contributed by atoms with van der Waals surface area (Å²) in [5, 5.41) is 13.4. The van der Waals surface area contributed by atoms with Gasteiger partial charge >= 0.3 is 0 Å². The van der Waals surface area contributed by atoms with Crippen molar-refractivity contribution in [2.24, 2.45) is 4.99 Å². The van der Waals surface area contributed by atoms with Crippen molar-refractivity contribution >= 4 is 28.3 Å². The third kappa shape index (κ3) is 4.18. The Morgan fingerprint density at radius 1 is 1.03 bits per heavy atom. The molecule has 0 aliphatic rings. The van der Waals surface area contributed by atoms with Gasteiger partial charge in [-0.05, 0) is 68.7 Å². The average Bonchev–Trinajstić information content (AvgIpc) is 2.78. The number of aryl methyl sites for hydroxylation is 4. The van der Waals surface area contributed by atoms with Crippen molar-refractivity contribution in [1.29, 1.82) is 0 Å². The zero-order chi connectivity index (χ0) is 22.8. The maximum atomic E-state index is 13.3. The van der Waals surface area contributed by atoms with Crippen LogP contribution in [-0.4, -0.2) is 16.0 Å². The number of aliphatic hydroxyl groups excluding tert-OH is 1. The SMILES string of the molecule is Cc1ccc(N=c2oc3c(C)ncc(CO)c3cc2C(=O)Nc2ccccc2C)cc1C. The number of carbonyl (C=O) groups is 1. The molecule has 162 valence electrons. The highest BCUT2D eigenvalue weighted by molar-refractivity contribution is 6.06. The van der Waals surface area contributed by atoms with Crippen molar-refractivity contribution in [3.8, 4) is 0 Å². The van der Waals surface area contributed by atoms with Crippen molar-refractivity contribution in [3.05, 3.63) is 93.8 Å². The molecule has 0 aliphatic carbocycles. The van der Waals surface area contributed by atoms with Crippen LogP contribution >= 0.6 is 0 Å². The molecule has 4 aromatic rings. The van der Waals surface area contributed by atoms with Crippen LogP contribution in [0.3, 0.4) is 0 Å². The monoisotopic (exact) mass is 427 g/mol. The molecule has 0 unspecified atom stereocenters. The molecule has 0 spiro atoms. The van der Waals surface area contributed by atoms with Crippen molar-refractivity contribution in [1.82, 2.24) is 4.98 Å². The van der Waals surface area contributed by atoms with Gasteiger partial charge in [-0.1, -0.05) is 24.3 Å². The van der Waals surface area contributed by atoms with Gasteiger partial charge in [-0.25, -0.2) is 4.99 Å². The largest absolute Gasteiger partial charge is 0.436 e. The van der Waals surface area contributed by atoms with E-state index in [1.165, 1.54) is 0 Å². The molecule has 0 saturated heterocycles. The molecular formula is C26H25N3O3. The number of aliphatic hydroxyl groups is 1. The van der Waals surface area contributed by atoms with Gasteiger partial charge in [0.05, 0.1) is 18.0 Å². The number of para-hydroxylation sites is 1. The number of fused-ring (bicyclic) bond motifs is 1. The number of hydrogen-bond acceptors (Lipinski definition) is 5. The van der Waals surface area contributed by atoms with E-state index < -0.39 is 0 Å². The van der Waals surface area contributed by atoms with Crippen LogP contribution < -0.4 is 10.9 Å². The molecule has 0 saturated carbocycles. The summed E-state index contributed by atoms with van der Waals surface area (Å²) in [5.41, 5.74) is 6.78. The Bertz CT molecular complexity index is 1400. The smallest absolute Gasteiger partial charge is 0.261 e. The van der Waals surface area contributed by atoms with Crippen LogP contribution in [0.2, 0.25) is 0 Å². The number of pyridine rings is 1. The standard InChI is InChI=1S/C26H25N3O3/c1-15-9-10-20(11-17(15)3)28-26-22(25(31)29-23-8-6-5-7-16(23)2)12-21-19(14-30)13-27-18(4)24(21)32-26/h5-13,30H,14H2,1-4H3,(H,29,31). The Labute approximate surface area is 186 Å². The molecule has 32 heavy (non-hydrogen) atoms. The molecule has 6 heteroatoms. The lowest BCUT2D eigenvalue weighted by Gasteiger charge is -2.11. The first-order chi connectivity index (χ1) is 15.4. The number of rotatable bonds is 4. The summed E-state index contributed by atoms with van der Waals surface area (Å²) in [5.74, 6) is -0.342. The summed E-state index contributed by atoms with van der Waals surface area (Å²) in [7, 11) is 0. The molecule has 2 heterocycles. The lowest BCUT2D eigenvalue weighted by atomic mass is 10.1. The highest BCUT2D eigenvalue weighted by Gasteiger charge is 2.17. The molecular weight excluding hydrogens is 402 g/mol. The predicted octanol–water partition coefficient (Wildman–Crippen LogP) is 5.04. The third-order valence-electron chi connectivity index (χ3n) is 5.58. The molecule has 0 aliphatic heterocycles. The van der Waals surface area contributed by atoms with E-state index in [4.69, 9.17) is 4.42 Å². The molecule has 0 fully saturated rings. The number of hydrogen-bond donors (Lipinski definition) is 2. The Kier molecular flexibility index (Phi) is 5.88. The minimum atomic E-state index is -0.342. The predicted molar refractivity (Wildman–Crippen MR) is 125 cm³/mol. The highest BCUT2D eigenvalue weighted by Crippen LogP contribution is 2.23. The summed E-state index contributed by atoms with van der Waals surface area (Å²) in [6.45, 7) is 7.58. The van der Waals surface area contributed by atoms with Gasteiger partial charge in [-0.15, -0.1) is 0 Å². The van der Waals surface area contributed by atoms with Crippen LogP contribution in [-0.2, 0) is 6.61 Å². The molecule has 0 atom stereocenters. The van der Waals surface area contributed by atoms with Crippen LogP contribution in [0.25, 0.3) is 11.0 Å².